The van der Waals surface area contributed by atoms with Gasteiger partial charge in [-0.25, -0.2) is 9.38 Å². The standard InChI is InChI=1S/C22H22N4O2S3/c1-12(2)16-9-14-17(10-28-16)31-20-18(14)19-24-25-22(26(19)21(23-20)29-3)30-11-15(27)13-7-5-4-6-8-13/h4-8,12,16H,9-11H2,1-3H3. The largest absolute Gasteiger partial charge is 0.372 e. The normalized spacial score (nSPS) is 16.3. The van der Waals surface area contributed by atoms with E-state index >= 15 is 0 Å². The number of thiophene rings is 1. The van der Waals surface area contributed by atoms with Crippen molar-refractivity contribution in [2.75, 3.05) is 12.0 Å². The smallest absolute Gasteiger partial charge is 0.198 e. The molecule has 4 aromatic rings. The van der Waals surface area contributed by atoms with Gasteiger partial charge in [-0.05, 0) is 17.7 Å². The molecule has 9 heteroatoms. The summed E-state index contributed by atoms with van der Waals surface area (Å²) in [5.41, 5.74) is 2.83. The number of thioether (sulfide) groups is 2. The average Bonchev–Trinajstić information content (AvgIpc) is 3.37. The van der Waals surface area contributed by atoms with Crippen LogP contribution < -0.4 is 0 Å². The highest BCUT2D eigenvalue weighted by Crippen LogP contribution is 2.40. The number of ketones is 1. The molecule has 0 N–H and O–H groups in total. The zero-order valence-electron chi connectivity index (χ0n) is 17.5. The Bertz CT molecular complexity index is 1270. The molecule has 1 atom stereocenters. The van der Waals surface area contributed by atoms with Crippen LogP contribution in [0.2, 0.25) is 0 Å². The van der Waals surface area contributed by atoms with Crippen LogP contribution in [0.5, 0.6) is 0 Å². The van der Waals surface area contributed by atoms with Gasteiger partial charge in [0.05, 0.1) is 23.8 Å². The maximum absolute atomic E-state index is 12.6. The van der Waals surface area contributed by atoms with E-state index in [0.29, 0.717) is 29.0 Å². The van der Waals surface area contributed by atoms with Crippen LogP contribution in [0.15, 0.2) is 40.6 Å². The number of aromatic nitrogens is 4. The predicted octanol–water partition coefficient (Wildman–Crippen LogP) is 5.13. The quantitative estimate of drug-likeness (QED) is 0.220. The van der Waals surface area contributed by atoms with Gasteiger partial charge in [0.1, 0.15) is 4.83 Å². The topological polar surface area (TPSA) is 69.4 Å². The molecule has 0 saturated carbocycles. The molecule has 6 nitrogen and oxygen atoms in total. The molecular weight excluding hydrogens is 448 g/mol. The predicted molar refractivity (Wildman–Crippen MR) is 127 cm³/mol. The van der Waals surface area contributed by atoms with Gasteiger partial charge in [-0.15, -0.1) is 21.5 Å². The maximum Gasteiger partial charge on any atom is 0.198 e. The van der Waals surface area contributed by atoms with E-state index in [1.54, 1.807) is 23.1 Å². The van der Waals surface area contributed by atoms with E-state index in [-0.39, 0.29) is 11.9 Å². The first-order valence-corrected chi connectivity index (χ1v) is 13.2. The van der Waals surface area contributed by atoms with Crippen LogP contribution in [-0.4, -0.2) is 43.5 Å². The average molecular weight is 471 g/mol. The number of Topliss-reactive ketones (excluding diaryl/α,β-unsaturated/α-hetero) is 1. The molecular formula is C22H22N4O2S3. The second-order valence-electron chi connectivity index (χ2n) is 7.80. The van der Waals surface area contributed by atoms with Gasteiger partial charge in [0.2, 0.25) is 0 Å². The van der Waals surface area contributed by atoms with Crippen molar-refractivity contribution in [2.24, 2.45) is 5.92 Å². The fraction of sp³-hybridized carbons (Fsp3) is 0.364. The Morgan fingerprint density at radius 2 is 2.06 bits per heavy atom. The van der Waals surface area contributed by atoms with Crippen molar-refractivity contribution in [1.82, 2.24) is 19.6 Å². The van der Waals surface area contributed by atoms with Crippen molar-refractivity contribution >= 4 is 56.5 Å². The first-order chi connectivity index (χ1) is 15.1. The van der Waals surface area contributed by atoms with Gasteiger partial charge in [0, 0.05) is 16.9 Å². The van der Waals surface area contributed by atoms with E-state index in [1.165, 1.54) is 22.2 Å². The summed E-state index contributed by atoms with van der Waals surface area (Å²) >= 11 is 4.66. The first kappa shape index (κ1) is 20.9. The molecule has 0 fully saturated rings. The molecule has 0 saturated heterocycles. The summed E-state index contributed by atoms with van der Waals surface area (Å²) < 4.78 is 8.07. The zero-order valence-corrected chi connectivity index (χ0v) is 19.9. The van der Waals surface area contributed by atoms with E-state index in [1.807, 2.05) is 41.0 Å². The Kier molecular flexibility index (Phi) is 5.76. The van der Waals surface area contributed by atoms with Crippen LogP contribution in [0.1, 0.15) is 34.6 Å². The summed E-state index contributed by atoms with van der Waals surface area (Å²) in [6.07, 6.45) is 3.07. The summed E-state index contributed by atoms with van der Waals surface area (Å²) in [7, 11) is 0. The molecule has 0 radical (unpaired) electrons. The molecule has 5 rings (SSSR count). The number of hydrogen-bond donors (Lipinski definition) is 0. The summed E-state index contributed by atoms with van der Waals surface area (Å²) in [6.45, 7) is 5.01. The number of benzene rings is 1. The van der Waals surface area contributed by atoms with Gasteiger partial charge in [-0.1, -0.05) is 67.7 Å². The highest BCUT2D eigenvalue weighted by atomic mass is 32.2. The van der Waals surface area contributed by atoms with Gasteiger partial charge >= 0.3 is 0 Å². The third-order valence-corrected chi connectivity index (χ3v) is 8.17. The lowest BCUT2D eigenvalue weighted by Crippen LogP contribution is -2.26. The van der Waals surface area contributed by atoms with Crippen molar-refractivity contribution in [2.45, 2.75) is 43.3 Å². The second-order valence-corrected chi connectivity index (χ2v) is 10.6. The summed E-state index contributed by atoms with van der Waals surface area (Å²) in [6, 6.07) is 9.35. The molecule has 1 aromatic carbocycles. The number of carbonyl (C=O) groups is 1. The second kappa shape index (κ2) is 8.54. The number of ether oxygens (including phenoxy) is 1. The van der Waals surface area contributed by atoms with Gasteiger partial charge in [-0.2, -0.15) is 0 Å². The molecule has 1 unspecified atom stereocenters. The third-order valence-electron chi connectivity index (χ3n) is 5.51. The number of rotatable bonds is 6. The van der Waals surface area contributed by atoms with Crippen molar-refractivity contribution in [3.05, 3.63) is 46.3 Å². The van der Waals surface area contributed by atoms with Crippen molar-refractivity contribution in [1.29, 1.82) is 0 Å². The fourth-order valence-corrected chi connectivity index (χ4v) is 6.42. The molecule has 1 aliphatic rings. The Morgan fingerprint density at radius 1 is 1.26 bits per heavy atom. The fourth-order valence-electron chi connectivity index (χ4n) is 3.82. The van der Waals surface area contributed by atoms with E-state index in [2.05, 4.69) is 24.0 Å². The lowest BCUT2D eigenvalue weighted by atomic mass is 9.96. The summed E-state index contributed by atoms with van der Waals surface area (Å²) in [5.74, 6) is 0.833. The van der Waals surface area contributed by atoms with Crippen LogP contribution in [0, 0.1) is 5.92 Å². The van der Waals surface area contributed by atoms with E-state index in [0.717, 1.165) is 27.4 Å². The zero-order chi connectivity index (χ0) is 21.5. The van der Waals surface area contributed by atoms with Gasteiger partial charge in [0.25, 0.3) is 0 Å². The summed E-state index contributed by atoms with van der Waals surface area (Å²) in [5, 5.41) is 11.6. The Balaban J connectivity index is 1.55. The first-order valence-electron chi connectivity index (χ1n) is 10.1. The number of nitrogens with zero attached hydrogens (tertiary/aromatic N) is 4. The maximum atomic E-state index is 12.6. The summed E-state index contributed by atoms with van der Waals surface area (Å²) in [4.78, 5) is 19.7. The van der Waals surface area contributed by atoms with Crippen LogP contribution in [-0.2, 0) is 17.8 Å². The Hall–Kier alpha value is -1.94. The minimum absolute atomic E-state index is 0.0759. The Morgan fingerprint density at radius 3 is 2.81 bits per heavy atom. The number of carbonyl (C=O) groups excluding carboxylic acids is 1. The third kappa shape index (κ3) is 3.77. The molecule has 4 heterocycles. The van der Waals surface area contributed by atoms with Crippen molar-refractivity contribution in [3.8, 4) is 0 Å². The van der Waals surface area contributed by atoms with Crippen LogP contribution >= 0.6 is 34.9 Å². The number of fused-ring (bicyclic) bond motifs is 5. The van der Waals surface area contributed by atoms with Gasteiger partial charge in [0.15, 0.2) is 21.7 Å². The number of hydrogen-bond acceptors (Lipinski definition) is 8. The highest BCUT2D eigenvalue weighted by Gasteiger charge is 2.29. The van der Waals surface area contributed by atoms with Crippen LogP contribution in [0.3, 0.4) is 0 Å². The van der Waals surface area contributed by atoms with Gasteiger partial charge < -0.3 is 4.74 Å². The SMILES string of the molecule is CSc1nc2sc3c(c2c2nnc(SCC(=O)c4ccccc4)n12)CC(C(C)C)OC3. The lowest BCUT2D eigenvalue weighted by Gasteiger charge is -2.26. The molecule has 0 bridgehead atoms. The lowest BCUT2D eigenvalue weighted by molar-refractivity contribution is 0.00203. The highest BCUT2D eigenvalue weighted by molar-refractivity contribution is 8.00. The molecule has 1 aliphatic heterocycles. The van der Waals surface area contributed by atoms with Crippen LogP contribution in [0.25, 0.3) is 15.9 Å². The van der Waals surface area contributed by atoms with Crippen molar-refractivity contribution < 1.29 is 9.53 Å². The van der Waals surface area contributed by atoms with Crippen molar-refractivity contribution in [3.63, 3.8) is 0 Å². The van der Waals surface area contributed by atoms with Crippen LogP contribution in [0.4, 0.5) is 0 Å². The molecule has 31 heavy (non-hydrogen) atoms. The Labute approximate surface area is 192 Å². The van der Waals surface area contributed by atoms with E-state index in [9.17, 15) is 4.79 Å². The molecule has 0 spiro atoms. The van der Waals surface area contributed by atoms with E-state index < -0.39 is 0 Å². The van der Waals surface area contributed by atoms with E-state index in [4.69, 9.17) is 9.72 Å². The molecule has 160 valence electrons. The molecule has 3 aromatic heterocycles. The monoisotopic (exact) mass is 470 g/mol. The minimum Gasteiger partial charge on any atom is -0.372 e. The molecule has 0 amide bonds. The van der Waals surface area contributed by atoms with Gasteiger partial charge in [-0.3, -0.25) is 4.79 Å². The molecule has 0 aliphatic carbocycles. The minimum atomic E-state index is 0.0759.